The minimum Gasteiger partial charge on any atom is -0.478 e. The summed E-state index contributed by atoms with van der Waals surface area (Å²) >= 11 is 14.4. The number of carboxylic acid groups (broad SMARTS) is 1. The molecule has 202 valence electrons. The van der Waals surface area contributed by atoms with Crippen molar-refractivity contribution < 1.29 is 18.8 Å². The summed E-state index contributed by atoms with van der Waals surface area (Å²) in [7, 11) is 0. The molecule has 39 heavy (non-hydrogen) atoms. The number of aromatic nitrogens is 2. The molecule has 7 nitrogen and oxygen atoms in total. The van der Waals surface area contributed by atoms with E-state index in [0.717, 1.165) is 74.3 Å². The number of carbonyl (C=O) groups is 1. The molecule has 4 aromatic rings. The first-order chi connectivity index (χ1) is 18.8. The molecular weight excluding hydrogens is 562 g/mol. The normalized spacial score (nSPS) is 19.0. The lowest BCUT2D eigenvalue weighted by Crippen LogP contribution is -2.51. The van der Waals surface area contributed by atoms with Crippen LogP contribution >= 0.6 is 34.5 Å². The number of rotatable bonds is 6. The number of benzene rings is 2. The highest BCUT2D eigenvalue weighted by Gasteiger charge is 2.47. The first-order valence-corrected chi connectivity index (χ1v) is 14.7. The zero-order chi connectivity index (χ0) is 26.9. The molecule has 2 aromatic heterocycles. The summed E-state index contributed by atoms with van der Waals surface area (Å²) in [5.74, 6) is -0.453. The highest BCUT2D eigenvalue weighted by atomic mass is 35.5. The lowest BCUT2D eigenvalue weighted by atomic mass is 9.60. The number of aromatic carboxylic acids is 1. The molecule has 1 saturated heterocycles. The van der Waals surface area contributed by atoms with Crippen molar-refractivity contribution in [1.82, 2.24) is 10.1 Å². The van der Waals surface area contributed by atoms with Crippen LogP contribution in [-0.2, 0) is 0 Å². The van der Waals surface area contributed by atoms with Gasteiger partial charge in [0.2, 0.25) is 0 Å². The minimum absolute atomic E-state index is 0.0570. The Morgan fingerprint density at radius 1 is 1.18 bits per heavy atom. The Morgan fingerprint density at radius 2 is 1.90 bits per heavy atom. The number of nitrogens with one attached hydrogen (secondary N) is 1. The van der Waals surface area contributed by atoms with Crippen molar-refractivity contribution in [3.05, 3.63) is 57.5 Å². The highest BCUT2D eigenvalue weighted by Crippen LogP contribution is 2.53. The monoisotopic (exact) mass is 586 g/mol. The molecule has 7 rings (SSSR count). The maximum absolute atomic E-state index is 14.5. The second kappa shape index (κ2) is 9.35. The SMILES string of the molecule is O=C(O)c1cc(F)c2nc(N3CCC4(CC3)CC(Nc3c(-c5c(Cl)cccc5Cl)noc3C3CC3)C4)sc2c1. The predicted octanol–water partition coefficient (Wildman–Crippen LogP) is 7.83. The van der Waals surface area contributed by atoms with Crippen LogP contribution in [-0.4, -0.2) is 40.3 Å². The van der Waals surface area contributed by atoms with E-state index in [-0.39, 0.29) is 16.5 Å². The van der Waals surface area contributed by atoms with Gasteiger partial charge in [-0.15, -0.1) is 0 Å². The molecular formula is C28H25Cl2FN4O3S. The van der Waals surface area contributed by atoms with E-state index in [1.807, 2.05) is 18.2 Å². The molecule has 2 saturated carbocycles. The molecule has 3 fully saturated rings. The van der Waals surface area contributed by atoms with Crippen molar-refractivity contribution in [2.75, 3.05) is 23.3 Å². The average Bonchev–Trinajstić information content (AvgIpc) is 3.51. The lowest BCUT2D eigenvalue weighted by molar-refractivity contribution is 0.0696. The number of nitrogens with zero attached hydrogens (tertiary/aromatic N) is 3. The Kier molecular flexibility index (Phi) is 6.02. The van der Waals surface area contributed by atoms with Gasteiger partial charge in [0.15, 0.2) is 16.7 Å². The van der Waals surface area contributed by atoms with Crippen LogP contribution in [0.2, 0.25) is 10.0 Å². The summed E-state index contributed by atoms with van der Waals surface area (Å²) in [6.07, 6.45) is 6.32. The Bertz CT molecular complexity index is 1580. The van der Waals surface area contributed by atoms with E-state index in [4.69, 9.17) is 27.7 Å². The maximum atomic E-state index is 14.5. The summed E-state index contributed by atoms with van der Waals surface area (Å²) in [4.78, 5) is 18.0. The van der Waals surface area contributed by atoms with Gasteiger partial charge < -0.3 is 19.8 Å². The number of hydrogen-bond donors (Lipinski definition) is 2. The topological polar surface area (TPSA) is 91.5 Å². The van der Waals surface area contributed by atoms with Crippen LogP contribution in [0, 0.1) is 11.2 Å². The van der Waals surface area contributed by atoms with Gasteiger partial charge in [-0.1, -0.05) is 45.8 Å². The standard InChI is InChI=1S/C28H25Cl2FN4O3S/c29-17-2-1-3-18(30)21(17)23-24(25(38-34-23)14-4-5-14)32-16-12-28(13-16)6-8-35(9-7-28)27-33-22-19(31)10-15(26(36)37)11-20(22)39-27/h1-3,10-11,14,16,32H,4-9,12-13H2,(H,36,37). The van der Waals surface area contributed by atoms with Crippen molar-refractivity contribution in [3.63, 3.8) is 0 Å². The van der Waals surface area contributed by atoms with Crippen LogP contribution in [0.4, 0.5) is 15.2 Å². The molecule has 2 aliphatic carbocycles. The van der Waals surface area contributed by atoms with E-state index >= 15 is 0 Å². The smallest absolute Gasteiger partial charge is 0.335 e. The minimum atomic E-state index is -1.14. The van der Waals surface area contributed by atoms with Gasteiger partial charge >= 0.3 is 5.97 Å². The van der Waals surface area contributed by atoms with Crippen LogP contribution in [0.25, 0.3) is 21.5 Å². The van der Waals surface area contributed by atoms with Crippen molar-refractivity contribution in [3.8, 4) is 11.3 Å². The van der Waals surface area contributed by atoms with E-state index in [1.54, 1.807) is 0 Å². The van der Waals surface area contributed by atoms with Gasteiger partial charge in [-0.05, 0) is 68.2 Å². The van der Waals surface area contributed by atoms with Crippen LogP contribution in [0.15, 0.2) is 34.9 Å². The number of carboxylic acids is 1. The first-order valence-electron chi connectivity index (χ1n) is 13.1. The van der Waals surface area contributed by atoms with Crippen LogP contribution in [0.5, 0.6) is 0 Å². The largest absolute Gasteiger partial charge is 0.478 e. The number of anilines is 2. The Morgan fingerprint density at radius 3 is 2.56 bits per heavy atom. The molecule has 2 aromatic carbocycles. The summed E-state index contributed by atoms with van der Waals surface area (Å²) in [5, 5.41) is 19.2. The number of hydrogen-bond acceptors (Lipinski definition) is 7. The van der Waals surface area contributed by atoms with Gasteiger partial charge in [-0.2, -0.15) is 0 Å². The summed E-state index contributed by atoms with van der Waals surface area (Å²) in [6.45, 7) is 1.67. The van der Waals surface area contributed by atoms with Gasteiger partial charge in [0.05, 0.1) is 20.3 Å². The fourth-order valence-corrected chi connectivity index (χ4v) is 7.72. The van der Waals surface area contributed by atoms with E-state index in [9.17, 15) is 14.3 Å². The van der Waals surface area contributed by atoms with E-state index in [1.165, 1.54) is 17.4 Å². The molecule has 11 heteroatoms. The zero-order valence-corrected chi connectivity index (χ0v) is 23.2. The van der Waals surface area contributed by atoms with Crippen molar-refractivity contribution >= 4 is 61.5 Å². The molecule has 0 amide bonds. The summed E-state index contributed by atoms with van der Waals surface area (Å²) in [5.41, 5.74) is 2.73. The predicted molar refractivity (Wildman–Crippen MR) is 151 cm³/mol. The molecule has 1 spiro atoms. The maximum Gasteiger partial charge on any atom is 0.335 e. The van der Waals surface area contributed by atoms with Crippen molar-refractivity contribution in [1.29, 1.82) is 0 Å². The third-order valence-electron chi connectivity index (χ3n) is 8.35. The quantitative estimate of drug-likeness (QED) is 0.238. The average molecular weight is 588 g/mol. The van der Waals surface area contributed by atoms with Gasteiger partial charge in [0.1, 0.15) is 16.9 Å². The summed E-state index contributed by atoms with van der Waals surface area (Å²) < 4.78 is 20.8. The fourth-order valence-electron chi connectivity index (χ4n) is 6.07. The van der Waals surface area contributed by atoms with Gasteiger partial charge in [-0.25, -0.2) is 14.2 Å². The second-order valence-electron chi connectivity index (χ2n) is 11.0. The van der Waals surface area contributed by atoms with Crippen LogP contribution < -0.4 is 10.2 Å². The second-order valence-corrected chi connectivity index (χ2v) is 12.8. The number of halogens is 3. The van der Waals surface area contributed by atoms with Crippen molar-refractivity contribution in [2.24, 2.45) is 5.41 Å². The third kappa shape index (κ3) is 4.44. The highest BCUT2D eigenvalue weighted by molar-refractivity contribution is 7.22. The molecule has 1 aliphatic heterocycles. The van der Waals surface area contributed by atoms with Gasteiger partial charge in [-0.3, -0.25) is 0 Å². The van der Waals surface area contributed by atoms with Crippen LogP contribution in [0.1, 0.15) is 60.6 Å². The van der Waals surface area contributed by atoms with Gasteiger partial charge in [0, 0.05) is 30.6 Å². The molecule has 0 bridgehead atoms. The van der Waals surface area contributed by atoms with Crippen molar-refractivity contribution in [2.45, 2.75) is 50.5 Å². The number of thiazole rings is 1. The fraction of sp³-hybridized carbons (Fsp3) is 0.393. The Hall–Kier alpha value is -2.88. The third-order valence-corrected chi connectivity index (χ3v) is 10.0. The first kappa shape index (κ1) is 25.1. The number of fused-ring (bicyclic) bond motifs is 1. The van der Waals surface area contributed by atoms with Crippen LogP contribution in [0.3, 0.4) is 0 Å². The Labute approximate surface area is 237 Å². The Balaban J connectivity index is 1.04. The zero-order valence-electron chi connectivity index (χ0n) is 20.8. The number of piperidine rings is 1. The lowest BCUT2D eigenvalue weighted by Gasteiger charge is -2.52. The molecule has 0 unspecified atom stereocenters. The molecule has 2 N–H and O–H groups in total. The molecule has 0 radical (unpaired) electrons. The summed E-state index contributed by atoms with van der Waals surface area (Å²) in [6, 6.07) is 8.29. The van der Waals surface area contributed by atoms with Gasteiger partial charge in [0.25, 0.3) is 0 Å². The van der Waals surface area contributed by atoms with E-state index < -0.39 is 11.8 Å². The molecule has 3 aliphatic rings. The molecule has 3 heterocycles. The van der Waals surface area contributed by atoms with E-state index in [2.05, 4.69) is 20.4 Å². The van der Waals surface area contributed by atoms with E-state index in [0.29, 0.717) is 38.0 Å². The molecule has 0 atom stereocenters.